The summed E-state index contributed by atoms with van der Waals surface area (Å²) in [6.07, 6.45) is 7.79. The van der Waals surface area contributed by atoms with Crippen LogP contribution in [0, 0.1) is 47.9 Å². The molecule has 0 saturated heterocycles. The van der Waals surface area contributed by atoms with Crippen LogP contribution in [0.5, 0.6) is 5.75 Å². The Balaban J connectivity index is 1.51. The van der Waals surface area contributed by atoms with Crippen LogP contribution < -0.4 is 4.74 Å². The van der Waals surface area contributed by atoms with Gasteiger partial charge in [-0.05, 0) is 92.4 Å². The van der Waals surface area contributed by atoms with Gasteiger partial charge in [-0.3, -0.25) is 0 Å². The molecule has 2 fully saturated rings. The molecule has 2 aliphatic rings. The van der Waals surface area contributed by atoms with Crippen molar-refractivity contribution in [1.82, 2.24) is 0 Å². The largest absolute Gasteiger partial charge is 0.420 e. The van der Waals surface area contributed by atoms with Gasteiger partial charge in [0.25, 0.3) is 0 Å². The molecule has 4 rings (SSSR count). The predicted octanol–water partition coefficient (Wildman–Crippen LogP) is 7.26. The summed E-state index contributed by atoms with van der Waals surface area (Å²) in [5, 5.41) is 0. The average molecular weight is 446 g/mol. The summed E-state index contributed by atoms with van der Waals surface area (Å²) in [5.41, 5.74) is -0.348. The fourth-order valence-electron chi connectivity index (χ4n) is 5.32. The van der Waals surface area contributed by atoms with E-state index in [4.69, 9.17) is 4.74 Å². The summed E-state index contributed by atoms with van der Waals surface area (Å²) in [5.74, 6) is -5.34. The number of carbonyl (C=O) groups is 1. The van der Waals surface area contributed by atoms with Crippen molar-refractivity contribution in [2.45, 2.75) is 51.4 Å². The molecule has 0 bridgehead atoms. The lowest BCUT2D eigenvalue weighted by Crippen LogP contribution is -2.30. The Hall–Kier alpha value is -2.63. The van der Waals surface area contributed by atoms with Gasteiger partial charge >= 0.3 is 5.97 Å². The quantitative estimate of drug-likeness (QED) is 0.214. The monoisotopic (exact) mass is 446 g/mol. The highest BCUT2D eigenvalue weighted by atomic mass is 19.2. The third-order valence-corrected chi connectivity index (χ3v) is 7.20. The molecule has 2 aliphatic carbocycles. The number of esters is 1. The average Bonchev–Trinajstić information content (AvgIpc) is 2.80. The minimum Gasteiger partial charge on any atom is -0.420 e. The zero-order chi connectivity index (χ0) is 23.0. The Kier molecular flexibility index (Phi) is 6.40. The summed E-state index contributed by atoms with van der Waals surface area (Å²) in [7, 11) is 0. The maximum atomic E-state index is 15.0. The first kappa shape index (κ1) is 22.6. The fraction of sp³-hybridized carbons (Fsp3) is 0.423. The molecule has 32 heavy (non-hydrogen) atoms. The molecule has 0 N–H and O–H groups in total. The number of aryl methyl sites for hydroxylation is 1. The van der Waals surface area contributed by atoms with E-state index in [9.17, 15) is 22.4 Å². The van der Waals surface area contributed by atoms with Gasteiger partial charge in [-0.15, -0.1) is 6.58 Å². The number of hydrogen-bond donors (Lipinski definition) is 0. The Morgan fingerprint density at radius 2 is 1.62 bits per heavy atom. The second-order valence-corrected chi connectivity index (χ2v) is 9.07. The highest BCUT2D eigenvalue weighted by Crippen LogP contribution is 2.48. The van der Waals surface area contributed by atoms with Crippen molar-refractivity contribution < 1.29 is 27.1 Å². The number of allylic oxidation sites excluding steroid dienone is 1. The number of benzene rings is 2. The van der Waals surface area contributed by atoms with Crippen LogP contribution in [0.1, 0.15) is 65.9 Å². The van der Waals surface area contributed by atoms with E-state index in [0.29, 0.717) is 17.8 Å². The van der Waals surface area contributed by atoms with E-state index >= 15 is 0 Å². The molecule has 0 spiro atoms. The Morgan fingerprint density at radius 1 is 0.906 bits per heavy atom. The molecular weight excluding hydrogens is 420 g/mol. The van der Waals surface area contributed by atoms with Crippen LogP contribution in [0.3, 0.4) is 0 Å². The summed E-state index contributed by atoms with van der Waals surface area (Å²) in [4.78, 5) is 12.3. The lowest BCUT2D eigenvalue weighted by atomic mass is 9.64. The smallest absolute Gasteiger partial charge is 0.346 e. The van der Waals surface area contributed by atoms with Crippen LogP contribution in [0.15, 0.2) is 36.9 Å². The molecule has 2 aromatic carbocycles. The van der Waals surface area contributed by atoms with Gasteiger partial charge in [0.2, 0.25) is 5.82 Å². The van der Waals surface area contributed by atoms with Crippen molar-refractivity contribution in [3.63, 3.8) is 0 Å². The third kappa shape index (κ3) is 4.19. The maximum Gasteiger partial charge on any atom is 0.346 e. The molecule has 2 saturated carbocycles. The third-order valence-electron chi connectivity index (χ3n) is 7.20. The highest BCUT2D eigenvalue weighted by molar-refractivity contribution is 5.91. The molecule has 170 valence electrons. The van der Waals surface area contributed by atoms with Crippen molar-refractivity contribution in [2.75, 3.05) is 0 Å². The van der Waals surface area contributed by atoms with E-state index < -0.39 is 40.6 Å². The number of rotatable bonds is 4. The van der Waals surface area contributed by atoms with Crippen LogP contribution in [0.25, 0.3) is 0 Å². The first-order chi connectivity index (χ1) is 15.3. The lowest BCUT2D eigenvalue weighted by Gasteiger charge is -2.41. The number of carbonyl (C=O) groups excluding carboxylic acids is 1. The molecule has 0 heterocycles. The van der Waals surface area contributed by atoms with Crippen molar-refractivity contribution in [3.05, 3.63) is 76.9 Å². The van der Waals surface area contributed by atoms with Gasteiger partial charge in [-0.1, -0.05) is 18.2 Å². The van der Waals surface area contributed by atoms with Crippen molar-refractivity contribution >= 4 is 5.97 Å². The first-order valence-corrected chi connectivity index (χ1v) is 11.1. The highest BCUT2D eigenvalue weighted by Gasteiger charge is 2.36. The minimum absolute atomic E-state index is 0.0385. The van der Waals surface area contributed by atoms with Crippen molar-refractivity contribution in [3.8, 4) is 5.75 Å². The number of halogens is 4. The van der Waals surface area contributed by atoms with Crippen LogP contribution in [0.2, 0.25) is 0 Å². The molecule has 0 amide bonds. The van der Waals surface area contributed by atoms with Crippen LogP contribution in [-0.4, -0.2) is 5.97 Å². The SMILES string of the molecule is C=CC1CCC2CC(c3ccc(C(=O)Oc4ccc(C)c(F)c4F)c(F)c3F)CCC2C1. The number of hydrogen-bond acceptors (Lipinski definition) is 2. The normalized spacial score (nSPS) is 25.2. The topological polar surface area (TPSA) is 26.3 Å². The zero-order valence-corrected chi connectivity index (χ0v) is 18.0. The molecule has 2 nitrogen and oxygen atoms in total. The Morgan fingerprint density at radius 3 is 2.38 bits per heavy atom. The van der Waals surface area contributed by atoms with Crippen molar-refractivity contribution in [2.24, 2.45) is 17.8 Å². The number of fused-ring (bicyclic) bond motifs is 1. The molecule has 0 aromatic heterocycles. The summed E-state index contributed by atoms with van der Waals surface area (Å²) in [6, 6.07) is 4.90. The standard InChI is InChI=1S/C26H26F4O2/c1-3-15-5-6-17-13-18(8-7-16(17)12-15)19-9-10-20(24(29)23(19)28)26(31)32-21-11-4-14(2)22(27)25(21)30/h3-4,9-11,15-18H,1,5-8,12-13H2,2H3. The Labute approximate surface area is 185 Å². The number of ether oxygens (including phenoxy) is 1. The minimum atomic E-state index is -1.35. The Bertz CT molecular complexity index is 1050. The second-order valence-electron chi connectivity index (χ2n) is 9.07. The predicted molar refractivity (Wildman–Crippen MR) is 114 cm³/mol. The first-order valence-electron chi connectivity index (χ1n) is 11.1. The second kappa shape index (κ2) is 9.08. The van der Waals surface area contributed by atoms with E-state index in [-0.39, 0.29) is 17.0 Å². The van der Waals surface area contributed by atoms with Gasteiger partial charge in [0.05, 0.1) is 5.56 Å². The maximum absolute atomic E-state index is 15.0. The van der Waals surface area contributed by atoms with Gasteiger partial charge in [0.15, 0.2) is 23.2 Å². The molecule has 6 heteroatoms. The summed E-state index contributed by atoms with van der Waals surface area (Å²) < 4.78 is 62.2. The van der Waals surface area contributed by atoms with Gasteiger partial charge in [-0.2, -0.15) is 4.39 Å². The molecule has 4 unspecified atom stereocenters. The van der Waals surface area contributed by atoms with E-state index in [2.05, 4.69) is 6.58 Å². The van der Waals surface area contributed by atoms with Crippen LogP contribution in [0.4, 0.5) is 17.6 Å². The van der Waals surface area contributed by atoms with Crippen molar-refractivity contribution in [1.29, 1.82) is 0 Å². The lowest BCUT2D eigenvalue weighted by molar-refractivity contribution is 0.0720. The molecule has 0 aliphatic heterocycles. The fourth-order valence-corrected chi connectivity index (χ4v) is 5.32. The van der Waals surface area contributed by atoms with Gasteiger partial charge in [-0.25, -0.2) is 18.0 Å². The van der Waals surface area contributed by atoms with E-state index in [1.807, 2.05) is 6.08 Å². The molecular formula is C26H26F4O2. The van der Waals surface area contributed by atoms with Crippen LogP contribution >= 0.6 is 0 Å². The van der Waals surface area contributed by atoms with E-state index in [1.54, 1.807) is 0 Å². The molecule has 2 aromatic rings. The van der Waals surface area contributed by atoms with Gasteiger partial charge in [0.1, 0.15) is 0 Å². The van der Waals surface area contributed by atoms with Gasteiger partial charge < -0.3 is 4.74 Å². The van der Waals surface area contributed by atoms with Gasteiger partial charge in [0, 0.05) is 0 Å². The summed E-state index contributed by atoms with van der Waals surface area (Å²) in [6.45, 7) is 5.26. The molecule has 0 radical (unpaired) electrons. The zero-order valence-electron chi connectivity index (χ0n) is 18.0. The van der Waals surface area contributed by atoms with E-state index in [1.165, 1.54) is 25.1 Å². The summed E-state index contributed by atoms with van der Waals surface area (Å²) >= 11 is 0. The van der Waals surface area contributed by atoms with Crippen LogP contribution in [-0.2, 0) is 0 Å². The van der Waals surface area contributed by atoms with E-state index in [0.717, 1.165) is 44.6 Å². The molecule has 4 atom stereocenters.